The summed E-state index contributed by atoms with van der Waals surface area (Å²) in [5, 5.41) is 0. The molecule has 5 heteroatoms. The molecule has 1 aromatic heterocycles. The van der Waals surface area contributed by atoms with Crippen LogP contribution in [0.2, 0.25) is 0 Å². The Bertz CT molecular complexity index is 453. The summed E-state index contributed by atoms with van der Waals surface area (Å²) in [7, 11) is 1.67. The molecule has 94 valence electrons. The van der Waals surface area contributed by atoms with E-state index in [1.54, 1.807) is 14.0 Å². The molecule has 0 aliphatic heterocycles. The molecule has 0 saturated heterocycles. The second-order valence-electron chi connectivity index (χ2n) is 4.42. The highest BCUT2D eigenvalue weighted by Gasteiger charge is 2.16. The van der Waals surface area contributed by atoms with Crippen molar-refractivity contribution in [3.05, 3.63) is 33.7 Å². The van der Waals surface area contributed by atoms with Crippen LogP contribution in [0.25, 0.3) is 0 Å². The molecule has 1 atom stereocenters. The predicted octanol–water partition coefficient (Wildman–Crippen LogP) is 0.350. The van der Waals surface area contributed by atoms with Crippen molar-refractivity contribution in [2.75, 3.05) is 20.1 Å². The van der Waals surface area contributed by atoms with Crippen molar-refractivity contribution in [2.45, 2.75) is 13.8 Å². The van der Waals surface area contributed by atoms with Crippen LogP contribution in [0.5, 0.6) is 0 Å². The number of pyridine rings is 1. The van der Waals surface area contributed by atoms with Crippen LogP contribution >= 0.6 is 0 Å². The van der Waals surface area contributed by atoms with Crippen LogP contribution in [0.1, 0.15) is 23.0 Å². The molecular formula is C12H19N3O2. The van der Waals surface area contributed by atoms with Gasteiger partial charge in [-0.3, -0.25) is 9.59 Å². The fourth-order valence-electron chi connectivity index (χ4n) is 1.57. The van der Waals surface area contributed by atoms with Crippen molar-refractivity contribution in [3.8, 4) is 0 Å². The van der Waals surface area contributed by atoms with Gasteiger partial charge in [-0.2, -0.15) is 0 Å². The summed E-state index contributed by atoms with van der Waals surface area (Å²) in [5.41, 5.74) is 6.16. The summed E-state index contributed by atoms with van der Waals surface area (Å²) < 4.78 is 0. The topological polar surface area (TPSA) is 79.2 Å². The van der Waals surface area contributed by atoms with Gasteiger partial charge in [-0.25, -0.2) is 0 Å². The van der Waals surface area contributed by atoms with E-state index in [0.29, 0.717) is 13.1 Å². The Morgan fingerprint density at radius 3 is 2.76 bits per heavy atom. The highest BCUT2D eigenvalue weighted by Crippen LogP contribution is 2.01. The lowest BCUT2D eigenvalue weighted by atomic mass is 10.1. The summed E-state index contributed by atoms with van der Waals surface area (Å²) >= 11 is 0. The maximum absolute atomic E-state index is 12.0. The van der Waals surface area contributed by atoms with Crippen molar-refractivity contribution in [3.63, 3.8) is 0 Å². The van der Waals surface area contributed by atoms with E-state index >= 15 is 0 Å². The van der Waals surface area contributed by atoms with Gasteiger partial charge in [-0.05, 0) is 19.4 Å². The number of nitrogens with zero attached hydrogens (tertiary/aromatic N) is 1. The van der Waals surface area contributed by atoms with Gasteiger partial charge >= 0.3 is 0 Å². The van der Waals surface area contributed by atoms with Gasteiger partial charge in [0, 0.05) is 31.5 Å². The Morgan fingerprint density at radius 2 is 2.24 bits per heavy atom. The molecule has 0 saturated carbocycles. The molecule has 0 fully saturated rings. The van der Waals surface area contributed by atoms with Gasteiger partial charge in [0.05, 0.1) is 0 Å². The lowest BCUT2D eigenvalue weighted by molar-refractivity contribution is 0.0776. The summed E-state index contributed by atoms with van der Waals surface area (Å²) in [6.07, 6.45) is 1.46. The van der Waals surface area contributed by atoms with Crippen LogP contribution in [0.3, 0.4) is 0 Å². The summed E-state index contributed by atoms with van der Waals surface area (Å²) in [6.45, 7) is 4.80. The van der Waals surface area contributed by atoms with Crippen LogP contribution in [-0.2, 0) is 0 Å². The predicted molar refractivity (Wildman–Crippen MR) is 67.0 cm³/mol. The fraction of sp³-hybridized carbons (Fsp3) is 0.500. The third-order valence-corrected chi connectivity index (χ3v) is 2.62. The molecule has 0 aromatic carbocycles. The zero-order valence-corrected chi connectivity index (χ0v) is 10.5. The molecule has 5 nitrogen and oxygen atoms in total. The van der Waals surface area contributed by atoms with Crippen molar-refractivity contribution in [1.82, 2.24) is 9.88 Å². The van der Waals surface area contributed by atoms with Crippen molar-refractivity contribution in [2.24, 2.45) is 11.7 Å². The minimum Gasteiger partial charge on any atom is -0.364 e. The number of H-pyrrole nitrogens is 1. The second-order valence-corrected chi connectivity index (χ2v) is 4.42. The lowest BCUT2D eigenvalue weighted by Gasteiger charge is -2.20. The first-order chi connectivity index (χ1) is 7.95. The van der Waals surface area contributed by atoms with Gasteiger partial charge in [0.1, 0.15) is 5.56 Å². The Hall–Kier alpha value is -1.62. The lowest BCUT2D eigenvalue weighted by Crippen LogP contribution is -2.35. The molecule has 1 aromatic rings. The normalized spacial score (nSPS) is 12.2. The van der Waals surface area contributed by atoms with Crippen LogP contribution in [0, 0.1) is 12.8 Å². The minimum absolute atomic E-state index is 0.169. The monoisotopic (exact) mass is 237 g/mol. The summed E-state index contributed by atoms with van der Waals surface area (Å²) in [4.78, 5) is 28.0. The largest absolute Gasteiger partial charge is 0.364 e. The standard InChI is InChI=1S/C12H19N3O2/c1-8(5-13)7-15(3)12(17)10-6-14-9(2)4-11(10)16/h4,6,8H,5,7,13H2,1-3H3,(H,14,16). The molecule has 1 heterocycles. The van der Waals surface area contributed by atoms with E-state index in [-0.39, 0.29) is 22.8 Å². The molecule has 0 bridgehead atoms. The van der Waals surface area contributed by atoms with Crippen LogP contribution in [-0.4, -0.2) is 35.9 Å². The van der Waals surface area contributed by atoms with E-state index in [4.69, 9.17) is 5.73 Å². The van der Waals surface area contributed by atoms with Gasteiger partial charge in [-0.15, -0.1) is 0 Å². The molecule has 0 aliphatic rings. The molecule has 0 radical (unpaired) electrons. The molecule has 3 N–H and O–H groups in total. The van der Waals surface area contributed by atoms with Gasteiger partial charge in [0.15, 0.2) is 5.43 Å². The SMILES string of the molecule is Cc1cc(=O)c(C(=O)N(C)CC(C)CN)c[nH]1. The number of aromatic amines is 1. The number of aryl methyl sites for hydroxylation is 1. The number of carbonyl (C=O) groups is 1. The van der Waals surface area contributed by atoms with Gasteiger partial charge in [0.2, 0.25) is 0 Å². The first-order valence-corrected chi connectivity index (χ1v) is 5.60. The zero-order chi connectivity index (χ0) is 13.0. The van der Waals surface area contributed by atoms with Crippen LogP contribution < -0.4 is 11.2 Å². The highest BCUT2D eigenvalue weighted by molar-refractivity contribution is 5.93. The Balaban J connectivity index is 2.85. The molecule has 17 heavy (non-hydrogen) atoms. The maximum atomic E-state index is 12.0. The maximum Gasteiger partial charge on any atom is 0.259 e. The van der Waals surface area contributed by atoms with Crippen molar-refractivity contribution in [1.29, 1.82) is 0 Å². The highest BCUT2D eigenvalue weighted by atomic mass is 16.2. The van der Waals surface area contributed by atoms with Crippen molar-refractivity contribution < 1.29 is 4.79 Å². The number of rotatable bonds is 4. The van der Waals surface area contributed by atoms with Gasteiger partial charge < -0.3 is 15.6 Å². The molecule has 1 rings (SSSR count). The van der Waals surface area contributed by atoms with E-state index in [0.717, 1.165) is 5.69 Å². The van der Waals surface area contributed by atoms with E-state index in [2.05, 4.69) is 4.98 Å². The average molecular weight is 237 g/mol. The first kappa shape index (κ1) is 13.4. The number of hydrogen-bond donors (Lipinski definition) is 2. The number of aromatic nitrogens is 1. The number of amides is 1. The second kappa shape index (κ2) is 5.63. The van der Waals surface area contributed by atoms with Gasteiger partial charge in [0.25, 0.3) is 5.91 Å². The van der Waals surface area contributed by atoms with Gasteiger partial charge in [-0.1, -0.05) is 6.92 Å². The average Bonchev–Trinajstić information content (AvgIpc) is 2.28. The number of carbonyl (C=O) groups excluding carboxylic acids is 1. The van der Waals surface area contributed by atoms with E-state index < -0.39 is 0 Å². The third kappa shape index (κ3) is 3.42. The number of hydrogen-bond acceptors (Lipinski definition) is 3. The van der Waals surface area contributed by atoms with E-state index in [1.807, 2.05) is 6.92 Å². The van der Waals surface area contributed by atoms with E-state index in [9.17, 15) is 9.59 Å². The molecule has 0 spiro atoms. The smallest absolute Gasteiger partial charge is 0.259 e. The Morgan fingerprint density at radius 1 is 1.59 bits per heavy atom. The third-order valence-electron chi connectivity index (χ3n) is 2.62. The molecule has 0 aliphatic carbocycles. The van der Waals surface area contributed by atoms with E-state index in [1.165, 1.54) is 17.2 Å². The molecule has 1 amide bonds. The summed E-state index contributed by atoms with van der Waals surface area (Å²) in [6, 6.07) is 1.42. The summed E-state index contributed by atoms with van der Waals surface area (Å²) in [5.74, 6) is -0.0555. The van der Waals surface area contributed by atoms with Crippen LogP contribution in [0.4, 0.5) is 0 Å². The molecule has 1 unspecified atom stereocenters. The fourth-order valence-corrected chi connectivity index (χ4v) is 1.57. The Labute approximate surface area is 101 Å². The Kier molecular flexibility index (Phi) is 4.45. The zero-order valence-electron chi connectivity index (χ0n) is 10.5. The van der Waals surface area contributed by atoms with Crippen LogP contribution in [0.15, 0.2) is 17.1 Å². The molecular weight excluding hydrogens is 218 g/mol. The number of nitrogens with one attached hydrogen (secondary N) is 1. The quantitative estimate of drug-likeness (QED) is 0.793. The number of nitrogens with two attached hydrogens (primary N) is 1. The first-order valence-electron chi connectivity index (χ1n) is 5.60. The minimum atomic E-state index is -0.272. The van der Waals surface area contributed by atoms with Crippen molar-refractivity contribution >= 4 is 5.91 Å².